The van der Waals surface area contributed by atoms with Crippen LogP contribution in [0.4, 0.5) is 5.69 Å². The number of rotatable bonds is 8. The number of aryl methyl sites for hydroxylation is 1. The van der Waals surface area contributed by atoms with Crippen LogP contribution in [0.25, 0.3) is 0 Å². The molecular formula is C31H34N2O6. The molecule has 1 aliphatic carbocycles. The summed E-state index contributed by atoms with van der Waals surface area (Å²) in [5, 5.41) is 13.5. The summed E-state index contributed by atoms with van der Waals surface area (Å²) in [5.74, 6) is 0.612. The van der Waals surface area contributed by atoms with Crippen LogP contribution in [0.15, 0.2) is 60.7 Å². The number of nitrogens with one attached hydrogen (secondary N) is 1. The van der Waals surface area contributed by atoms with Crippen LogP contribution in [0.5, 0.6) is 23.0 Å². The SMILES string of the molecule is CCc1ccccc1N(C(=O)c1ccc2c(c1)OCCO2)[C@@H](C(=O)NC1CCCC1)c1ccc(O)c(OC)c1. The third kappa shape index (κ3) is 5.50. The molecule has 5 rings (SSSR count). The molecule has 0 unspecified atom stereocenters. The number of phenolic OH excluding ortho intramolecular Hbond substituents is 1. The molecule has 0 bridgehead atoms. The van der Waals surface area contributed by atoms with Crippen LogP contribution < -0.4 is 24.4 Å². The van der Waals surface area contributed by atoms with Crippen molar-refractivity contribution in [3.8, 4) is 23.0 Å². The van der Waals surface area contributed by atoms with Gasteiger partial charge in [-0.3, -0.25) is 14.5 Å². The number of ether oxygens (including phenoxy) is 3. The molecule has 3 aromatic rings. The summed E-state index contributed by atoms with van der Waals surface area (Å²) in [6, 6.07) is 16.5. The lowest BCUT2D eigenvalue weighted by Gasteiger charge is -2.34. The van der Waals surface area contributed by atoms with E-state index in [4.69, 9.17) is 14.2 Å². The highest BCUT2D eigenvalue weighted by molar-refractivity contribution is 6.11. The molecule has 8 nitrogen and oxygen atoms in total. The van der Waals surface area contributed by atoms with Gasteiger partial charge >= 0.3 is 0 Å². The van der Waals surface area contributed by atoms with Gasteiger partial charge in [-0.05, 0) is 66.8 Å². The lowest BCUT2D eigenvalue weighted by atomic mass is 9.98. The van der Waals surface area contributed by atoms with Gasteiger partial charge in [0, 0.05) is 17.3 Å². The van der Waals surface area contributed by atoms with Crippen molar-refractivity contribution in [3.63, 3.8) is 0 Å². The van der Waals surface area contributed by atoms with E-state index in [1.807, 2.05) is 31.2 Å². The Kier molecular flexibility index (Phi) is 7.91. The number of carbonyl (C=O) groups is 2. The number of benzene rings is 3. The molecule has 8 heteroatoms. The number of carbonyl (C=O) groups excluding carboxylic acids is 2. The van der Waals surface area contributed by atoms with Gasteiger partial charge in [0.1, 0.15) is 19.3 Å². The normalized spacial score (nSPS) is 15.4. The number of hydrogen-bond acceptors (Lipinski definition) is 6. The second-order valence-corrected chi connectivity index (χ2v) is 9.84. The first-order chi connectivity index (χ1) is 19.0. The van der Waals surface area contributed by atoms with Crippen molar-refractivity contribution in [2.75, 3.05) is 25.2 Å². The molecule has 1 saturated carbocycles. The third-order valence-electron chi connectivity index (χ3n) is 7.37. The van der Waals surface area contributed by atoms with Crippen LogP contribution >= 0.6 is 0 Å². The van der Waals surface area contributed by atoms with E-state index in [0.29, 0.717) is 47.9 Å². The number of nitrogens with zero attached hydrogens (tertiary/aromatic N) is 1. The monoisotopic (exact) mass is 530 g/mol. The lowest BCUT2D eigenvalue weighted by molar-refractivity contribution is -0.123. The first kappa shape index (κ1) is 26.4. The zero-order valence-corrected chi connectivity index (χ0v) is 22.3. The summed E-state index contributed by atoms with van der Waals surface area (Å²) >= 11 is 0. The standard InChI is InChI=1S/C31H34N2O6/c1-3-20-8-4-7-11-24(20)33(31(36)22-13-15-26-28(19-22)39-17-16-38-26)29(30(35)32-23-9-5-6-10-23)21-12-14-25(34)27(18-21)37-2/h4,7-8,11-15,18-19,23,29,34H,3,5-6,9-10,16-17H2,1-2H3,(H,32,35)/t29-/m1/s1. The predicted molar refractivity (Wildman–Crippen MR) is 148 cm³/mol. The molecule has 0 aromatic heterocycles. The maximum absolute atomic E-state index is 14.4. The molecule has 2 N–H and O–H groups in total. The summed E-state index contributed by atoms with van der Waals surface area (Å²) < 4.78 is 16.8. The van der Waals surface area contributed by atoms with Crippen LogP contribution in [0.3, 0.4) is 0 Å². The fourth-order valence-electron chi connectivity index (χ4n) is 5.36. The molecule has 204 valence electrons. The van der Waals surface area contributed by atoms with E-state index >= 15 is 0 Å². The van der Waals surface area contributed by atoms with Gasteiger partial charge in [0.15, 0.2) is 23.0 Å². The predicted octanol–water partition coefficient (Wildman–Crippen LogP) is 5.18. The summed E-state index contributed by atoms with van der Waals surface area (Å²) in [6.45, 7) is 2.86. The zero-order chi connectivity index (χ0) is 27.4. The first-order valence-corrected chi connectivity index (χ1v) is 13.5. The van der Waals surface area contributed by atoms with Crippen LogP contribution in [0, 0.1) is 0 Å². The number of anilines is 1. The van der Waals surface area contributed by atoms with E-state index in [1.54, 1.807) is 35.2 Å². The molecule has 0 saturated heterocycles. The van der Waals surface area contributed by atoms with E-state index in [1.165, 1.54) is 13.2 Å². The minimum absolute atomic E-state index is 0.0464. The van der Waals surface area contributed by atoms with Gasteiger partial charge in [0.05, 0.1) is 7.11 Å². The zero-order valence-electron chi connectivity index (χ0n) is 22.3. The maximum atomic E-state index is 14.4. The Balaban J connectivity index is 1.66. The Morgan fingerprint density at radius 2 is 1.77 bits per heavy atom. The number of hydrogen-bond donors (Lipinski definition) is 2. The van der Waals surface area contributed by atoms with Gasteiger partial charge in [-0.25, -0.2) is 0 Å². The lowest BCUT2D eigenvalue weighted by Crippen LogP contribution is -2.46. The molecule has 1 heterocycles. The highest BCUT2D eigenvalue weighted by atomic mass is 16.6. The second kappa shape index (κ2) is 11.7. The van der Waals surface area contributed by atoms with Crippen molar-refractivity contribution in [1.29, 1.82) is 0 Å². The quantitative estimate of drug-likeness (QED) is 0.417. The van der Waals surface area contributed by atoms with E-state index in [2.05, 4.69) is 5.32 Å². The van der Waals surface area contributed by atoms with E-state index in [0.717, 1.165) is 31.2 Å². The molecule has 1 fully saturated rings. The minimum atomic E-state index is -1.02. The largest absolute Gasteiger partial charge is 0.504 e. The fraction of sp³-hybridized carbons (Fsp3) is 0.355. The van der Waals surface area contributed by atoms with Gasteiger partial charge in [-0.1, -0.05) is 44.0 Å². The Labute approximate surface area is 228 Å². The van der Waals surface area contributed by atoms with E-state index in [-0.39, 0.29) is 29.4 Å². The Hall–Kier alpha value is -4.20. The number of para-hydroxylation sites is 1. The average molecular weight is 531 g/mol. The van der Waals surface area contributed by atoms with E-state index in [9.17, 15) is 14.7 Å². The number of amides is 2. The highest BCUT2D eigenvalue weighted by Gasteiger charge is 2.36. The molecule has 0 radical (unpaired) electrons. The van der Waals surface area contributed by atoms with Gasteiger partial charge in [-0.15, -0.1) is 0 Å². The summed E-state index contributed by atoms with van der Waals surface area (Å²) in [7, 11) is 1.46. The average Bonchev–Trinajstić information content (AvgIpc) is 3.48. The van der Waals surface area contributed by atoms with Crippen molar-refractivity contribution in [2.45, 2.75) is 51.1 Å². The van der Waals surface area contributed by atoms with Gasteiger partial charge in [0.2, 0.25) is 5.91 Å². The van der Waals surface area contributed by atoms with Crippen molar-refractivity contribution in [3.05, 3.63) is 77.4 Å². The minimum Gasteiger partial charge on any atom is -0.504 e. The summed E-state index contributed by atoms with van der Waals surface area (Å²) in [5.41, 5.74) is 2.46. The second-order valence-electron chi connectivity index (χ2n) is 9.84. The fourth-order valence-corrected chi connectivity index (χ4v) is 5.36. The summed E-state index contributed by atoms with van der Waals surface area (Å²) in [4.78, 5) is 30.1. The molecular weight excluding hydrogens is 496 g/mol. The topological polar surface area (TPSA) is 97.3 Å². The molecule has 39 heavy (non-hydrogen) atoms. The number of aromatic hydroxyl groups is 1. The van der Waals surface area contributed by atoms with Crippen LogP contribution in [-0.2, 0) is 11.2 Å². The molecule has 2 amide bonds. The van der Waals surface area contributed by atoms with Crippen molar-refractivity contribution < 1.29 is 28.9 Å². The van der Waals surface area contributed by atoms with Crippen molar-refractivity contribution in [2.24, 2.45) is 0 Å². The van der Waals surface area contributed by atoms with Crippen LogP contribution in [-0.4, -0.2) is 43.3 Å². The number of fused-ring (bicyclic) bond motifs is 1. The first-order valence-electron chi connectivity index (χ1n) is 13.5. The Bertz CT molecular complexity index is 1350. The molecule has 0 spiro atoms. The molecule has 1 aliphatic heterocycles. The van der Waals surface area contributed by atoms with Crippen molar-refractivity contribution in [1.82, 2.24) is 5.32 Å². The third-order valence-corrected chi connectivity index (χ3v) is 7.37. The van der Waals surface area contributed by atoms with Crippen LogP contribution in [0.2, 0.25) is 0 Å². The maximum Gasteiger partial charge on any atom is 0.259 e. The number of methoxy groups -OCH3 is 1. The number of phenols is 1. The van der Waals surface area contributed by atoms with Gasteiger partial charge in [-0.2, -0.15) is 0 Å². The Morgan fingerprint density at radius 3 is 2.51 bits per heavy atom. The summed E-state index contributed by atoms with van der Waals surface area (Å²) in [6.07, 6.45) is 4.58. The molecule has 2 aliphatic rings. The van der Waals surface area contributed by atoms with Crippen LogP contribution in [0.1, 0.15) is 60.1 Å². The van der Waals surface area contributed by atoms with E-state index < -0.39 is 6.04 Å². The van der Waals surface area contributed by atoms with Crippen molar-refractivity contribution >= 4 is 17.5 Å². The Morgan fingerprint density at radius 1 is 1.03 bits per heavy atom. The van der Waals surface area contributed by atoms with Gasteiger partial charge in [0.25, 0.3) is 5.91 Å². The van der Waals surface area contributed by atoms with Gasteiger partial charge < -0.3 is 24.6 Å². The molecule has 1 atom stereocenters. The highest BCUT2D eigenvalue weighted by Crippen LogP contribution is 2.38. The smallest absolute Gasteiger partial charge is 0.259 e. The molecule has 3 aromatic carbocycles.